The third-order valence-electron chi connectivity index (χ3n) is 12.6. The molecule has 8 aromatic carbocycles. The SMILES string of the molecule is c1ccc(-c2ccc3cc(-c4ccc5c(c4)C4(c6ccccc6-c6ccccc64)c4ccccc4C54c5ccccc5-c5ccccc54)ccc3n2)cc1. The van der Waals surface area contributed by atoms with E-state index >= 15 is 0 Å². The zero-order valence-electron chi connectivity index (χ0n) is 29.5. The summed E-state index contributed by atoms with van der Waals surface area (Å²) < 4.78 is 0. The van der Waals surface area contributed by atoms with Gasteiger partial charge in [0, 0.05) is 10.9 Å². The van der Waals surface area contributed by atoms with Gasteiger partial charge in [0.25, 0.3) is 0 Å². The molecular weight excluding hydrogens is 651 g/mol. The normalized spacial score (nSPS) is 14.6. The Balaban J connectivity index is 1.18. The number of hydrogen-bond acceptors (Lipinski definition) is 1. The Morgan fingerprint density at radius 3 is 1.26 bits per heavy atom. The first kappa shape index (κ1) is 29.7. The van der Waals surface area contributed by atoms with E-state index in [1.54, 1.807) is 0 Å². The maximum atomic E-state index is 5.07. The van der Waals surface area contributed by atoms with Crippen LogP contribution in [0.3, 0.4) is 0 Å². The molecule has 0 saturated carbocycles. The Morgan fingerprint density at radius 1 is 0.278 bits per heavy atom. The molecule has 0 unspecified atom stereocenters. The van der Waals surface area contributed by atoms with Crippen molar-refractivity contribution in [2.75, 3.05) is 0 Å². The topological polar surface area (TPSA) is 12.9 Å². The van der Waals surface area contributed by atoms with Gasteiger partial charge in [-0.3, -0.25) is 0 Å². The van der Waals surface area contributed by atoms with Gasteiger partial charge in [-0.1, -0.05) is 176 Å². The number of hydrogen-bond donors (Lipinski definition) is 0. The first-order valence-electron chi connectivity index (χ1n) is 18.9. The molecule has 0 saturated heterocycles. The van der Waals surface area contributed by atoms with Crippen molar-refractivity contribution in [2.24, 2.45) is 0 Å². The van der Waals surface area contributed by atoms with Gasteiger partial charge in [-0.2, -0.15) is 0 Å². The molecule has 0 fully saturated rings. The van der Waals surface area contributed by atoms with Gasteiger partial charge in [-0.25, -0.2) is 4.98 Å². The summed E-state index contributed by atoms with van der Waals surface area (Å²) >= 11 is 0. The van der Waals surface area contributed by atoms with Crippen LogP contribution in [0.1, 0.15) is 44.5 Å². The first-order valence-corrected chi connectivity index (χ1v) is 18.9. The summed E-state index contributed by atoms with van der Waals surface area (Å²) in [6, 6.07) is 74.7. The average Bonchev–Trinajstić information content (AvgIpc) is 3.71. The van der Waals surface area contributed by atoms with Gasteiger partial charge in [-0.05, 0) is 102 Å². The van der Waals surface area contributed by atoms with Crippen molar-refractivity contribution in [3.8, 4) is 44.6 Å². The number of benzene rings is 8. The van der Waals surface area contributed by atoms with Crippen LogP contribution >= 0.6 is 0 Å². The highest BCUT2D eigenvalue weighted by atomic mass is 14.7. The van der Waals surface area contributed by atoms with Crippen LogP contribution in [0, 0.1) is 0 Å². The van der Waals surface area contributed by atoms with Crippen LogP contribution < -0.4 is 0 Å². The molecule has 3 aliphatic rings. The van der Waals surface area contributed by atoms with Crippen molar-refractivity contribution in [2.45, 2.75) is 10.8 Å². The molecule has 2 spiro atoms. The lowest BCUT2D eigenvalue weighted by atomic mass is 9.52. The maximum Gasteiger partial charge on any atom is 0.0720 e. The van der Waals surface area contributed by atoms with E-state index in [0.29, 0.717) is 0 Å². The second-order valence-electron chi connectivity index (χ2n) is 15.0. The van der Waals surface area contributed by atoms with E-state index in [2.05, 4.69) is 194 Å². The predicted molar refractivity (Wildman–Crippen MR) is 221 cm³/mol. The molecule has 0 radical (unpaired) electrons. The van der Waals surface area contributed by atoms with Gasteiger partial charge < -0.3 is 0 Å². The maximum absolute atomic E-state index is 5.07. The van der Waals surface area contributed by atoms with Crippen LogP contribution in [0.25, 0.3) is 55.5 Å². The fourth-order valence-corrected chi connectivity index (χ4v) is 10.5. The quantitative estimate of drug-likeness (QED) is 0.177. The minimum atomic E-state index is -0.504. The molecule has 250 valence electrons. The van der Waals surface area contributed by atoms with Gasteiger partial charge in [0.15, 0.2) is 0 Å². The fourth-order valence-electron chi connectivity index (χ4n) is 10.5. The summed E-state index contributed by atoms with van der Waals surface area (Å²) in [6.07, 6.45) is 0. The smallest absolute Gasteiger partial charge is 0.0720 e. The predicted octanol–water partition coefficient (Wildman–Crippen LogP) is 12.6. The van der Waals surface area contributed by atoms with E-state index in [-0.39, 0.29) is 0 Å². The van der Waals surface area contributed by atoms with E-state index in [1.807, 2.05) is 6.07 Å². The number of aromatic nitrogens is 1. The fraction of sp³-hybridized carbons (Fsp3) is 0.0377. The number of fused-ring (bicyclic) bond motifs is 17. The van der Waals surface area contributed by atoms with Gasteiger partial charge in [-0.15, -0.1) is 0 Å². The van der Waals surface area contributed by atoms with Crippen molar-refractivity contribution in [1.82, 2.24) is 4.98 Å². The zero-order chi connectivity index (χ0) is 35.4. The molecule has 0 aliphatic heterocycles. The lowest BCUT2D eigenvalue weighted by Crippen LogP contribution is -2.43. The van der Waals surface area contributed by atoms with E-state index in [4.69, 9.17) is 4.98 Å². The molecule has 0 amide bonds. The third-order valence-corrected chi connectivity index (χ3v) is 12.6. The summed E-state index contributed by atoms with van der Waals surface area (Å²) in [4.78, 5) is 5.07. The van der Waals surface area contributed by atoms with E-state index in [1.165, 1.54) is 77.9 Å². The van der Waals surface area contributed by atoms with Crippen LogP contribution in [0.5, 0.6) is 0 Å². The molecule has 1 aromatic heterocycles. The lowest BCUT2D eigenvalue weighted by Gasteiger charge is -2.49. The van der Waals surface area contributed by atoms with Crippen LogP contribution in [-0.2, 0) is 10.8 Å². The van der Waals surface area contributed by atoms with Crippen molar-refractivity contribution >= 4 is 10.9 Å². The summed E-state index contributed by atoms with van der Waals surface area (Å²) in [7, 11) is 0. The molecule has 1 heterocycles. The van der Waals surface area contributed by atoms with Gasteiger partial charge in [0.05, 0.1) is 22.0 Å². The minimum Gasteiger partial charge on any atom is -0.248 e. The molecule has 1 nitrogen and oxygen atoms in total. The Kier molecular flexibility index (Phi) is 5.97. The molecule has 0 bridgehead atoms. The van der Waals surface area contributed by atoms with Gasteiger partial charge >= 0.3 is 0 Å². The van der Waals surface area contributed by atoms with Crippen LogP contribution in [0.4, 0.5) is 0 Å². The lowest BCUT2D eigenvalue weighted by molar-refractivity contribution is 0.633. The highest BCUT2D eigenvalue weighted by Gasteiger charge is 2.58. The van der Waals surface area contributed by atoms with Crippen molar-refractivity contribution in [3.05, 3.63) is 245 Å². The second-order valence-corrected chi connectivity index (χ2v) is 15.0. The van der Waals surface area contributed by atoms with Gasteiger partial charge in [0.1, 0.15) is 0 Å². The molecule has 12 rings (SSSR count). The third kappa shape index (κ3) is 3.66. The molecule has 54 heavy (non-hydrogen) atoms. The van der Waals surface area contributed by atoms with Crippen LogP contribution in [-0.4, -0.2) is 4.98 Å². The molecule has 3 aliphatic carbocycles. The molecule has 1 heteroatoms. The standard InChI is InChI=1S/C53H33N/c1-2-14-34(15-3-1)50-31-28-37-32-35(27-30-51(37)54-50)36-26-29-48-49(33-36)53(44-22-10-6-18-40(44)41-19-7-11-23-45(41)53)47-25-13-12-24-46(47)52(48)42-20-8-4-16-38(42)39-17-5-9-21-43(39)52/h1-33H. The number of rotatable bonds is 2. The first-order chi connectivity index (χ1) is 26.8. The van der Waals surface area contributed by atoms with Crippen molar-refractivity contribution in [1.29, 1.82) is 0 Å². The summed E-state index contributed by atoms with van der Waals surface area (Å²) in [5, 5.41) is 1.14. The van der Waals surface area contributed by atoms with Crippen LogP contribution in [0.2, 0.25) is 0 Å². The number of pyridine rings is 1. The molecule has 9 aromatic rings. The van der Waals surface area contributed by atoms with Gasteiger partial charge in [0.2, 0.25) is 0 Å². The largest absolute Gasteiger partial charge is 0.248 e. The van der Waals surface area contributed by atoms with E-state index in [9.17, 15) is 0 Å². The highest BCUT2D eigenvalue weighted by molar-refractivity contribution is 5.95. The summed E-state index contributed by atoms with van der Waals surface area (Å²) in [5.41, 5.74) is 20.6. The summed E-state index contributed by atoms with van der Waals surface area (Å²) in [5.74, 6) is 0. The Bertz CT molecular complexity index is 2920. The van der Waals surface area contributed by atoms with Crippen molar-refractivity contribution in [3.63, 3.8) is 0 Å². The molecule has 0 N–H and O–H groups in total. The summed E-state index contributed by atoms with van der Waals surface area (Å²) in [6.45, 7) is 0. The van der Waals surface area contributed by atoms with Crippen LogP contribution in [0.15, 0.2) is 200 Å². The zero-order valence-corrected chi connectivity index (χ0v) is 29.5. The van der Waals surface area contributed by atoms with E-state index < -0.39 is 10.8 Å². The Labute approximate surface area is 314 Å². The molecular formula is C53H33N. The Hall–Kier alpha value is -6.83. The molecule has 0 atom stereocenters. The number of nitrogens with zero attached hydrogens (tertiary/aromatic N) is 1. The highest BCUT2D eigenvalue weighted by Crippen LogP contribution is 2.67. The minimum absolute atomic E-state index is 0.476. The average molecular weight is 684 g/mol. The second kappa shape index (κ2) is 10.9. The van der Waals surface area contributed by atoms with E-state index in [0.717, 1.165) is 22.2 Å². The monoisotopic (exact) mass is 683 g/mol. The van der Waals surface area contributed by atoms with Crippen molar-refractivity contribution < 1.29 is 0 Å². The Morgan fingerprint density at radius 2 is 0.704 bits per heavy atom.